The summed E-state index contributed by atoms with van der Waals surface area (Å²) < 4.78 is 36.6. The van der Waals surface area contributed by atoms with Crippen LogP contribution in [0.25, 0.3) is 0 Å². The Balaban J connectivity index is 2.16. The van der Waals surface area contributed by atoms with Crippen molar-refractivity contribution in [2.75, 3.05) is 0 Å². The van der Waals surface area contributed by atoms with Crippen molar-refractivity contribution in [1.82, 2.24) is 4.98 Å². The van der Waals surface area contributed by atoms with E-state index in [2.05, 4.69) is 4.98 Å². The Hall–Kier alpha value is -0.970. The quantitative estimate of drug-likeness (QED) is 0.763. The van der Waals surface area contributed by atoms with E-state index in [1.165, 1.54) is 6.20 Å². The van der Waals surface area contributed by atoms with Gasteiger partial charge in [0.05, 0.1) is 0 Å². The van der Waals surface area contributed by atoms with Crippen molar-refractivity contribution >= 4 is 0 Å². The number of halogens is 3. The van der Waals surface area contributed by atoms with Gasteiger partial charge < -0.3 is 10.7 Å². The molecule has 1 aliphatic rings. The maximum Gasteiger partial charge on any atom is 0.431 e. The molecule has 0 unspecified atom stereocenters. The molecule has 1 heterocycles. The molecule has 14 heavy (non-hydrogen) atoms. The Labute approximate surface area is 79.3 Å². The van der Waals surface area contributed by atoms with Crippen molar-refractivity contribution in [1.29, 1.82) is 0 Å². The zero-order valence-corrected chi connectivity index (χ0v) is 7.43. The lowest BCUT2D eigenvalue weighted by Gasteiger charge is -2.06. The lowest BCUT2D eigenvalue weighted by molar-refractivity contribution is -0.140. The molecule has 0 aromatic carbocycles. The minimum Gasteiger partial charge on any atom is -0.357 e. The van der Waals surface area contributed by atoms with E-state index in [1.807, 2.05) is 0 Å². The van der Waals surface area contributed by atoms with Gasteiger partial charge in [-0.1, -0.05) is 0 Å². The van der Waals surface area contributed by atoms with Gasteiger partial charge in [0, 0.05) is 12.2 Å². The fraction of sp³-hybridized carbons (Fsp3) is 0.556. The van der Waals surface area contributed by atoms with E-state index < -0.39 is 11.9 Å². The van der Waals surface area contributed by atoms with Crippen molar-refractivity contribution in [2.45, 2.75) is 25.1 Å². The Morgan fingerprint density at radius 3 is 2.50 bits per heavy atom. The predicted molar refractivity (Wildman–Crippen MR) is 45.4 cm³/mol. The predicted octanol–water partition coefficient (Wildman–Crippen LogP) is 2.44. The van der Waals surface area contributed by atoms with Gasteiger partial charge >= 0.3 is 6.18 Å². The number of aromatic amines is 1. The molecule has 1 aromatic heterocycles. The van der Waals surface area contributed by atoms with Crippen LogP contribution in [0.2, 0.25) is 0 Å². The normalized spacial score (nSPS) is 19.7. The van der Waals surface area contributed by atoms with Crippen LogP contribution in [-0.2, 0) is 6.18 Å². The average Bonchev–Trinajstić information content (AvgIpc) is 2.79. The molecule has 0 bridgehead atoms. The van der Waals surface area contributed by atoms with Crippen LogP contribution in [0.1, 0.15) is 30.1 Å². The number of nitrogens with one attached hydrogen (secondary N) is 1. The topological polar surface area (TPSA) is 41.8 Å². The molecule has 1 aromatic rings. The highest BCUT2D eigenvalue weighted by molar-refractivity contribution is 5.23. The highest BCUT2D eigenvalue weighted by Gasteiger charge is 2.35. The SMILES string of the molecule is N[C@@H](c1c[nH]c(C(F)(F)F)c1)C1CC1. The first kappa shape index (κ1) is 9.58. The zero-order chi connectivity index (χ0) is 10.3. The van der Waals surface area contributed by atoms with Gasteiger partial charge in [0.15, 0.2) is 0 Å². The molecule has 3 N–H and O–H groups in total. The van der Waals surface area contributed by atoms with Crippen LogP contribution in [0.3, 0.4) is 0 Å². The van der Waals surface area contributed by atoms with Crippen LogP contribution in [-0.4, -0.2) is 4.98 Å². The van der Waals surface area contributed by atoms with E-state index in [0.717, 1.165) is 18.9 Å². The van der Waals surface area contributed by atoms with Gasteiger partial charge in [-0.25, -0.2) is 0 Å². The third kappa shape index (κ3) is 1.77. The maximum absolute atomic E-state index is 12.2. The van der Waals surface area contributed by atoms with Crippen molar-refractivity contribution < 1.29 is 13.2 Å². The van der Waals surface area contributed by atoms with Crippen LogP contribution >= 0.6 is 0 Å². The fourth-order valence-corrected chi connectivity index (χ4v) is 1.49. The van der Waals surface area contributed by atoms with Crippen molar-refractivity contribution in [3.8, 4) is 0 Å². The Kier molecular flexibility index (Phi) is 2.06. The van der Waals surface area contributed by atoms with E-state index in [-0.39, 0.29) is 6.04 Å². The minimum absolute atomic E-state index is 0.248. The molecule has 0 saturated heterocycles. The summed E-state index contributed by atoms with van der Waals surface area (Å²) in [6, 6.07) is 0.852. The van der Waals surface area contributed by atoms with Gasteiger partial charge in [-0.05, 0) is 30.4 Å². The van der Waals surface area contributed by atoms with Crippen LogP contribution < -0.4 is 5.73 Å². The van der Waals surface area contributed by atoms with Crippen LogP contribution in [0.5, 0.6) is 0 Å². The molecule has 2 rings (SSSR count). The van der Waals surface area contributed by atoms with Crippen molar-refractivity contribution in [3.63, 3.8) is 0 Å². The first-order valence-corrected chi connectivity index (χ1v) is 4.49. The van der Waals surface area contributed by atoms with Gasteiger partial charge in [-0.15, -0.1) is 0 Å². The zero-order valence-electron chi connectivity index (χ0n) is 7.43. The molecule has 0 aliphatic heterocycles. The molecule has 78 valence electrons. The Bertz CT molecular complexity index is 325. The van der Waals surface area contributed by atoms with Gasteiger partial charge in [0.1, 0.15) is 5.69 Å². The lowest BCUT2D eigenvalue weighted by atomic mass is 10.1. The van der Waals surface area contributed by atoms with E-state index in [0.29, 0.717) is 11.5 Å². The van der Waals surface area contributed by atoms with Crippen LogP contribution in [0, 0.1) is 5.92 Å². The molecular weight excluding hydrogens is 193 g/mol. The van der Waals surface area contributed by atoms with Gasteiger partial charge in [0.25, 0.3) is 0 Å². The monoisotopic (exact) mass is 204 g/mol. The first-order chi connectivity index (χ1) is 6.48. The number of H-pyrrole nitrogens is 1. The van der Waals surface area contributed by atoms with Gasteiger partial charge in [-0.3, -0.25) is 0 Å². The molecule has 5 heteroatoms. The summed E-state index contributed by atoms with van der Waals surface area (Å²) in [6.07, 6.45) is -0.908. The third-order valence-corrected chi connectivity index (χ3v) is 2.53. The Morgan fingerprint density at radius 2 is 2.07 bits per heavy atom. The smallest absolute Gasteiger partial charge is 0.357 e. The number of hydrogen-bond donors (Lipinski definition) is 2. The fourth-order valence-electron chi connectivity index (χ4n) is 1.49. The summed E-state index contributed by atoms with van der Waals surface area (Å²) in [5.74, 6) is 0.367. The van der Waals surface area contributed by atoms with Gasteiger partial charge in [0.2, 0.25) is 0 Å². The molecule has 0 spiro atoms. The number of alkyl halides is 3. The molecule has 1 fully saturated rings. The molecule has 1 aliphatic carbocycles. The maximum atomic E-state index is 12.2. The van der Waals surface area contributed by atoms with E-state index >= 15 is 0 Å². The third-order valence-electron chi connectivity index (χ3n) is 2.53. The lowest BCUT2D eigenvalue weighted by Crippen LogP contribution is -2.11. The molecule has 0 radical (unpaired) electrons. The summed E-state index contributed by atoms with van der Waals surface area (Å²) >= 11 is 0. The minimum atomic E-state index is -4.30. The molecule has 0 amide bonds. The highest BCUT2D eigenvalue weighted by atomic mass is 19.4. The standard InChI is InChI=1S/C9H11F3N2/c10-9(11,12)7-3-6(4-14-7)8(13)5-1-2-5/h3-5,8,14H,1-2,13H2/t8-/m1/s1. The van der Waals surface area contributed by atoms with Crippen LogP contribution in [0.4, 0.5) is 13.2 Å². The average molecular weight is 204 g/mol. The Morgan fingerprint density at radius 1 is 1.43 bits per heavy atom. The highest BCUT2D eigenvalue weighted by Crippen LogP contribution is 2.40. The summed E-state index contributed by atoms with van der Waals surface area (Å²) in [5.41, 5.74) is 5.61. The number of hydrogen-bond acceptors (Lipinski definition) is 1. The first-order valence-electron chi connectivity index (χ1n) is 4.49. The molecular formula is C9H11F3N2. The molecule has 2 nitrogen and oxygen atoms in total. The number of rotatable bonds is 2. The van der Waals surface area contributed by atoms with E-state index in [4.69, 9.17) is 5.73 Å². The van der Waals surface area contributed by atoms with Crippen LogP contribution in [0.15, 0.2) is 12.3 Å². The summed E-state index contributed by atoms with van der Waals surface area (Å²) in [5, 5.41) is 0. The second kappa shape index (κ2) is 3.02. The summed E-state index contributed by atoms with van der Waals surface area (Å²) in [7, 11) is 0. The van der Waals surface area contributed by atoms with Crippen molar-refractivity contribution in [2.24, 2.45) is 11.7 Å². The second-order valence-corrected chi connectivity index (χ2v) is 3.71. The van der Waals surface area contributed by atoms with Gasteiger partial charge in [-0.2, -0.15) is 13.2 Å². The summed E-state index contributed by atoms with van der Waals surface area (Å²) in [6.45, 7) is 0. The van der Waals surface area contributed by atoms with E-state index in [1.54, 1.807) is 0 Å². The molecule has 1 saturated carbocycles. The summed E-state index contributed by atoms with van der Waals surface area (Å²) in [4.78, 5) is 2.20. The largest absolute Gasteiger partial charge is 0.431 e. The van der Waals surface area contributed by atoms with Crippen molar-refractivity contribution in [3.05, 3.63) is 23.5 Å². The number of nitrogens with two attached hydrogens (primary N) is 1. The number of aromatic nitrogens is 1. The second-order valence-electron chi connectivity index (χ2n) is 3.71. The van der Waals surface area contributed by atoms with E-state index in [9.17, 15) is 13.2 Å². The molecule has 1 atom stereocenters.